The van der Waals surface area contributed by atoms with Gasteiger partial charge in [0.05, 0.1) is 24.3 Å². The van der Waals surface area contributed by atoms with E-state index >= 15 is 0 Å². The highest BCUT2D eigenvalue weighted by Gasteiger charge is 2.33. The molecule has 3 aliphatic rings. The zero-order chi connectivity index (χ0) is 22.3. The molecule has 9 heteroatoms. The van der Waals surface area contributed by atoms with Crippen molar-refractivity contribution in [1.29, 1.82) is 0 Å². The fourth-order valence-corrected chi connectivity index (χ4v) is 6.07. The van der Waals surface area contributed by atoms with Crippen molar-refractivity contribution in [2.45, 2.75) is 49.1 Å². The van der Waals surface area contributed by atoms with Gasteiger partial charge in [-0.15, -0.1) is 0 Å². The highest BCUT2D eigenvalue weighted by atomic mass is 35.5. The van der Waals surface area contributed by atoms with Gasteiger partial charge >= 0.3 is 0 Å². The first-order valence-electron chi connectivity index (χ1n) is 10.9. The number of nitrogens with zero attached hydrogens (tertiary/aromatic N) is 1. The van der Waals surface area contributed by atoms with Gasteiger partial charge in [-0.25, -0.2) is 13.1 Å². The Morgan fingerprint density at radius 1 is 1.00 bits per heavy atom. The molecule has 1 saturated carbocycles. The molecule has 2 aliphatic heterocycles. The lowest BCUT2D eigenvalue weighted by Gasteiger charge is -2.26. The standard InChI is InChI=1S/C23H25ClN2O5S/c24-18-8-4-16(14-22(18)32(28,29)25-17-6-7-17)23(27)26-10-1-3-19(26)15-5-9-20-21(13-15)31-12-2-11-30-20/h4-5,8-9,13-14,17,19,25H,1-3,6-7,10-12H2/t19-/m0/s1. The molecule has 2 fully saturated rings. The van der Waals surface area contributed by atoms with Gasteiger partial charge in [-0.1, -0.05) is 17.7 Å². The molecule has 2 heterocycles. The predicted molar refractivity (Wildman–Crippen MR) is 120 cm³/mol. The van der Waals surface area contributed by atoms with Crippen molar-refractivity contribution in [2.24, 2.45) is 0 Å². The van der Waals surface area contributed by atoms with Gasteiger partial charge in [0, 0.05) is 24.6 Å². The Balaban J connectivity index is 1.41. The third-order valence-corrected chi connectivity index (χ3v) is 8.04. The molecule has 1 N–H and O–H groups in total. The Labute approximate surface area is 192 Å². The first-order chi connectivity index (χ1) is 15.4. The van der Waals surface area contributed by atoms with E-state index < -0.39 is 10.0 Å². The molecule has 0 aromatic heterocycles. The molecule has 1 atom stereocenters. The molecule has 7 nitrogen and oxygen atoms in total. The number of rotatable bonds is 5. The maximum atomic E-state index is 13.4. The molecule has 0 bridgehead atoms. The minimum atomic E-state index is -3.77. The first kappa shape index (κ1) is 21.6. The largest absolute Gasteiger partial charge is 0.490 e. The van der Waals surface area contributed by atoms with Gasteiger partial charge in [0.15, 0.2) is 11.5 Å². The molecular weight excluding hydrogens is 452 g/mol. The second-order valence-electron chi connectivity index (χ2n) is 8.45. The average Bonchev–Trinajstić information content (AvgIpc) is 3.50. The zero-order valence-corrected chi connectivity index (χ0v) is 19.1. The Morgan fingerprint density at radius 2 is 1.78 bits per heavy atom. The number of nitrogens with one attached hydrogen (secondary N) is 1. The summed E-state index contributed by atoms with van der Waals surface area (Å²) in [6.07, 6.45) is 4.16. The molecule has 1 saturated heterocycles. The van der Waals surface area contributed by atoms with E-state index in [4.69, 9.17) is 21.1 Å². The monoisotopic (exact) mass is 476 g/mol. The third-order valence-electron chi connectivity index (χ3n) is 6.04. The van der Waals surface area contributed by atoms with Crippen LogP contribution in [0.4, 0.5) is 0 Å². The van der Waals surface area contributed by atoms with Crippen molar-refractivity contribution in [3.8, 4) is 11.5 Å². The second-order valence-corrected chi connectivity index (χ2v) is 10.5. The summed E-state index contributed by atoms with van der Waals surface area (Å²) in [5.74, 6) is 1.21. The lowest BCUT2D eigenvalue weighted by atomic mass is 10.0. The Morgan fingerprint density at radius 3 is 2.56 bits per heavy atom. The number of carbonyl (C=O) groups excluding carboxylic acids is 1. The fourth-order valence-electron chi connectivity index (χ4n) is 4.24. The summed E-state index contributed by atoms with van der Waals surface area (Å²) in [5.41, 5.74) is 1.30. The highest BCUT2D eigenvalue weighted by molar-refractivity contribution is 7.89. The summed E-state index contributed by atoms with van der Waals surface area (Å²) in [6, 6.07) is 10.1. The average molecular weight is 477 g/mol. The van der Waals surface area contributed by atoms with E-state index in [0.717, 1.165) is 43.4 Å². The lowest BCUT2D eigenvalue weighted by molar-refractivity contribution is 0.0735. The predicted octanol–water partition coefficient (Wildman–Crippen LogP) is 3.92. The fraction of sp³-hybridized carbons (Fsp3) is 0.435. The van der Waals surface area contributed by atoms with E-state index in [2.05, 4.69) is 4.72 Å². The van der Waals surface area contributed by atoms with Crippen molar-refractivity contribution in [2.75, 3.05) is 19.8 Å². The van der Waals surface area contributed by atoms with E-state index in [1.165, 1.54) is 12.1 Å². The Bertz CT molecular complexity index is 1150. The van der Waals surface area contributed by atoms with Crippen LogP contribution in [0.1, 0.15) is 54.1 Å². The van der Waals surface area contributed by atoms with Crippen LogP contribution in [0, 0.1) is 0 Å². The number of fused-ring (bicyclic) bond motifs is 1. The lowest BCUT2D eigenvalue weighted by Crippen LogP contribution is -2.31. The van der Waals surface area contributed by atoms with Crippen LogP contribution in [0.5, 0.6) is 11.5 Å². The molecule has 32 heavy (non-hydrogen) atoms. The normalized spacial score (nSPS) is 20.8. The van der Waals surface area contributed by atoms with Crippen LogP contribution >= 0.6 is 11.6 Å². The van der Waals surface area contributed by atoms with Crippen molar-refractivity contribution < 1.29 is 22.7 Å². The smallest absolute Gasteiger partial charge is 0.254 e. The SMILES string of the molecule is O=C(c1ccc(Cl)c(S(=O)(=O)NC2CC2)c1)N1CCC[C@H]1c1ccc2c(c1)OCCCO2. The Kier molecular flexibility index (Phi) is 5.77. The summed E-state index contributed by atoms with van der Waals surface area (Å²) in [4.78, 5) is 15.2. The molecule has 1 aliphatic carbocycles. The topological polar surface area (TPSA) is 84.9 Å². The molecular formula is C23H25ClN2O5S. The summed E-state index contributed by atoms with van der Waals surface area (Å²) < 4.78 is 39.6. The van der Waals surface area contributed by atoms with Gasteiger partial charge in [-0.05, 0) is 61.6 Å². The van der Waals surface area contributed by atoms with Crippen molar-refractivity contribution in [1.82, 2.24) is 9.62 Å². The quantitative estimate of drug-likeness (QED) is 0.707. The minimum Gasteiger partial charge on any atom is -0.490 e. The van der Waals surface area contributed by atoms with E-state index in [1.54, 1.807) is 11.0 Å². The van der Waals surface area contributed by atoms with E-state index in [9.17, 15) is 13.2 Å². The van der Waals surface area contributed by atoms with E-state index in [-0.39, 0.29) is 27.9 Å². The number of carbonyl (C=O) groups is 1. The maximum Gasteiger partial charge on any atom is 0.254 e. The van der Waals surface area contributed by atoms with Gasteiger partial charge < -0.3 is 14.4 Å². The minimum absolute atomic E-state index is 0.0437. The summed E-state index contributed by atoms with van der Waals surface area (Å²) in [5, 5.41) is 0.107. The van der Waals surface area contributed by atoms with E-state index in [1.807, 2.05) is 18.2 Å². The third kappa shape index (κ3) is 4.31. The molecule has 170 valence electrons. The molecule has 2 aromatic rings. The van der Waals surface area contributed by atoms with Crippen molar-refractivity contribution >= 4 is 27.5 Å². The maximum absolute atomic E-state index is 13.4. The van der Waals surface area contributed by atoms with Crippen LogP contribution in [0.2, 0.25) is 5.02 Å². The highest BCUT2D eigenvalue weighted by Crippen LogP contribution is 2.39. The number of sulfonamides is 1. The van der Waals surface area contributed by atoms with Crippen LogP contribution in [-0.2, 0) is 10.0 Å². The number of likely N-dealkylation sites (tertiary alicyclic amines) is 1. The van der Waals surface area contributed by atoms with Gasteiger partial charge in [0.25, 0.3) is 5.91 Å². The van der Waals surface area contributed by atoms with Gasteiger partial charge in [0.2, 0.25) is 10.0 Å². The van der Waals surface area contributed by atoms with Gasteiger partial charge in [-0.2, -0.15) is 0 Å². The molecule has 2 aromatic carbocycles. The number of amides is 1. The number of halogens is 1. The number of ether oxygens (including phenoxy) is 2. The van der Waals surface area contributed by atoms with Gasteiger partial charge in [-0.3, -0.25) is 4.79 Å². The Hall–Kier alpha value is -2.29. The van der Waals surface area contributed by atoms with Crippen LogP contribution in [0.25, 0.3) is 0 Å². The van der Waals surface area contributed by atoms with Crippen LogP contribution in [-0.4, -0.2) is 45.0 Å². The number of benzene rings is 2. The number of hydrogen-bond acceptors (Lipinski definition) is 5. The van der Waals surface area contributed by atoms with Crippen LogP contribution in [0.15, 0.2) is 41.3 Å². The summed E-state index contributed by atoms with van der Waals surface area (Å²) in [7, 11) is -3.77. The number of hydrogen-bond donors (Lipinski definition) is 1. The zero-order valence-electron chi connectivity index (χ0n) is 17.6. The first-order valence-corrected chi connectivity index (χ1v) is 12.8. The van der Waals surface area contributed by atoms with Crippen LogP contribution in [0.3, 0.4) is 0 Å². The molecule has 0 unspecified atom stereocenters. The molecule has 0 radical (unpaired) electrons. The summed E-state index contributed by atoms with van der Waals surface area (Å²) >= 11 is 6.18. The molecule has 5 rings (SSSR count). The molecule has 1 amide bonds. The van der Waals surface area contributed by atoms with Crippen LogP contribution < -0.4 is 14.2 Å². The van der Waals surface area contributed by atoms with Gasteiger partial charge in [0.1, 0.15) is 4.90 Å². The molecule has 0 spiro atoms. The summed E-state index contributed by atoms with van der Waals surface area (Å²) in [6.45, 7) is 1.82. The second kappa shape index (κ2) is 8.57. The van der Waals surface area contributed by atoms with Crippen molar-refractivity contribution in [3.05, 3.63) is 52.5 Å². The van der Waals surface area contributed by atoms with E-state index in [0.29, 0.717) is 31.1 Å². The van der Waals surface area contributed by atoms with Crippen molar-refractivity contribution in [3.63, 3.8) is 0 Å².